The second-order valence-electron chi connectivity index (χ2n) is 3.31. The molecular weight excluding hydrogens is 257 g/mol. The number of nitrogens with two attached hydrogens (primary N) is 1. The lowest BCUT2D eigenvalue weighted by molar-refractivity contribution is -0.136. The Bertz CT molecular complexity index is 511. The van der Waals surface area contributed by atoms with Crippen LogP contribution in [0.25, 0.3) is 0 Å². The van der Waals surface area contributed by atoms with Gasteiger partial charge in [0.05, 0.1) is 17.0 Å². The van der Waals surface area contributed by atoms with Gasteiger partial charge in [-0.25, -0.2) is 8.42 Å². The second kappa shape index (κ2) is 4.44. The average molecular weight is 268 g/mol. The molecule has 0 spiro atoms. The molecule has 0 saturated carbocycles. The van der Waals surface area contributed by atoms with Gasteiger partial charge in [0.15, 0.2) is 0 Å². The number of benzene rings is 1. The van der Waals surface area contributed by atoms with Crippen LogP contribution < -0.4 is 10.5 Å². The summed E-state index contributed by atoms with van der Waals surface area (Å²) in [6.07, 6.45) is -4.67. The number of halogens is 3. The predicted molar refractivity (Wildman–Crippen MR) is 58.9 cm³/mol. The highest BCUT2D eigenvalue weighted by Gasteiger charge is 2.34. The van der Waals surface area contributed by atoms with Crippen LogP contribution in [0.2, 0.25) is 0 Å². The lowest BCUT2D eigenvalue weighted by Crippen LogP contribution is -2.18. The van der Waals surface area contributed by atoms with E-state index in [0.29, 0.717) is 6.07 Å². The maximum absolute atomic E-state index is 12.6. The molecule has 0 amide bonds. The molecule has 0 fully saturated rings. The van der Waals surface area contributed by atoms with Crippen molar-refractivity contribution in [2.45, 2.75) is 13.1 Å². The third-order valence-corrected chi connectivity index (χ3v) is 3.29. The number of hydrogen-bond acceptors (Lipinski definition) is 3. The van der Waals surface area contributed by atoms with Crippen molar-refractivity contribution in [1.29, 1.82) is 0 Å². The summed E-state index contributed by atoms with van der Waals surface area (Å²) in [6, 6.07) is 2.88. The zero-order chi connectivity index (χ0) is 13.3. The number of nitrogens with one attached hydrogen (secondary N) is 1. The highest BCUT2D eigenvalue weighted by atomic mass is 32.2. The molecule has 0 heterocycles. The third kappa shape index (κ3) is 3.52. The molecule has 3 N–H and O–H groups in total. The Hall–Kier alpha value is -1.44. The van der Waals surface area contributed by atoms with Crippen molar-refractivity contribution in [3.05, 3.63) is 23.8 Å². The van der Waals surface area contributed by atoms with Crippen molar-refractivity contribution >= 4 is 21.4 Å². The molecule has 96 valence electrons. The summed E-state index contributed by atoms with van der Waals surface area (Å²) in [5.41, 5.74) is 3.53. The van der Waals surface area contributed by atoms with Crippen molar-refractivity contribution in [2.75, 3.05) is 16.2 Å². The van der Waals surface area contributed by atoms with Gasteiger partial charge in [0.25, 0.3) is 0 Å². The minimum absolute atomic E-state index is 0.0863. The Labute approximate surface area is 96.7 Å². The highest BCUT2D eigenvalue weighted by Crippen LogP contribution is 2.36. The molecule has 1 aromatic carbocycles. The van der Waals surface area contributed by atoms with E-state index in [1.54, 1.807) is 0 Å². The Kier molecular flexibility index (Phi) is 3.56. The van der Waals surface area contributed by atoms with Gasteiger partial charge in [-0.2, -0.15) is 13.2 Å². The predicted octanol–water partition coefficient (Wildman–Crippen LogP) is 2.05. The number of nitrogen functional groups attached to an aromatic ring is 1. The average Bonchev–Trinajstić information content (AvgIpc) is 2.19. The summed E-state index contributed by atoms with van der Waals surface area (Å²) < 4.78 is 62.2. The summed E-state index contributed by atoms with van der Waals surface area (Å²) >= 11 is 0. The molecule has 17 heavy (non-hydrogen) atoms. The number of alkyl halides is 3. The maximum Gasteiger partial charge on any atom is 0.418 e. The zero-order valence-electron chi connectivity index (χ0n) is 8.88. The number of hydrogen-bond donors (Lipinski definition) is 2. The molecule has 0 aliphatic carbocycles. The Morgan fingerprint density at radius 3 is 2.41 bits per heavy atom. The highest BCUT2D eigenvalue weighted by molar-refractivity contribution is 7.92. The molecule has 0 unspecified atom stereocenters. The van der Waals surface area contributed by atoms with Crippen molar-refractivity contribution in [2.24, 2.45) is 0 Å². The molecule has 4 nitrogen and oxygen atoms in total. The van der Waals surface area contributed by atoms with Crippen molar-refractivity contribution in [3.8, 4) is 0 Å². The largest absolute Gasteiger partial charge is 0.418 e. The first-order valence-electron chi connectivity index (χ1n) is 4.63. The van der Waals surface area contributed by atoms with Gasteiger partial charge in [-0.05, 0) is 25.1 Å². The summed E-state index contributed by atoms with van der Waals surface area (Å²) in [7, 11) is -3.76. The smallest absolute Gasteiger partial charge is 0.399 e. The SMILES string of the molecule is CCS(=O)(=O)Nc1ccc(N)cc1C(F)(F)F. The first-order valence-corrected chi connectivity index (χ1v) is 6.28. The molecule has 0 aliphatic heterocycles. The van der Waals surface area contributed by atoms with Crippen LogP contribution in [0.3, 0.4) is 0 Å². The van der Waals surface area contributed by atoms with E-state index in [-0.39, 0.29) is 11.4 Å². The van der Waals surface area contributed by atoms with Crippen molar-refractivity contribution in [3.63, 3.8) is 0 Å². The topological polar surface area (TPSA) is 72.2 Å². The first-order chi connectivity index (χ1) is 7.65. The maximum atomic E-state index is 12.6. The van der Waals surface area contributed by atoms with Crippen molar-refractivity contribution < 1.29 is 21.6 Å². The Morgan fingerprint density at radius 1 is 1.35 bits per heavy atom. The van der Waals surface area contributed by atoms with E-state index in [2.05, 4.69) is 0 Å². The molecule has 0 bridgehead atoms. The van der Waals surface area contributed by atoms with Crippen LogP contribution in [0, 0.1) is 0 Å². The van der Waals surface area contributed by atoms with Gasteiger partial charge in [0.1, 0.15) is 0 Å². The van der Waals surface area contributed by atoms with Gasteiger partial charge in [-0.15, -0.1) is 0 Å². The Balaban J connectivity index is 3.26. The molecule has 0 aromatic heterocycles. The fraction of sp³-hybridized carbons (Fsp3) is 0.333. The summed E-state index contributed by atoms with van der Waals surface area (Å²) in [5.74, 6) is -0.311. The molecule has 1 aromatic rings. The summed E-state index contributed by atoms with van der Waals surface area (Å²) in [5, 5.41) is 0. The number of anilines is 2. The van der Waals surface area contributed by atoms with Crippen molar-refractivity contribution in [1.82, 2.24) is 0 Å². The van der Waals surface area contributed by atoms with Crippen LogP contribution >= 0.6 is 0 Å². The van der Waals surface area contributed by atoms with E-state index in [1.165, 1.54) is 13.0 Å². The van der Waals surface area contributed by atoms with Gasteiger partial charge in [0, 0.05) is 5.69 Å². The Morgan fingerprint density at radius 2 is 1.94 bits per heavy atom. The van der Waals surface area contributed by atoms with Gasteiger partial charge in [-0.1, -0.05) is 0 Å². The fourth-order valence-corrected chi connectivity index (χ4v) is 1.78. The van der Waals surface area contributed by atoms with E-state index < -0.39 is 27.5 Å². The minimum Gasteiger partial charge on any atom is -0.399 e. The number of rotatable bonds is 3. The fourth-order valence-electron chi connectivity index (χ4n) is 1.13. The lowest BCUT2D eigenvalue weighted by Gasteiger charge is -2.14. The lowest BCUT2D eigenvalue weighted by atomic mass is 10.1. The van der Waals surface area contributed by atoms with Crippen LogP contribution in [0.15, 0.2) is 18.2 Å². The van der Waals surface area contributed by atoms with Gasteiger partial charge in [-0.3, -0.25) is 4.72 Å². The van der Waals surface area contributed by atoms with E-state index in [1.807, 2.05) is 4.72 Å². The normalized spacial score (nSPS) is 12.5. The summed E-state index contributed by atoms with van der Waals surface area (Å²) in [6.45, 7) is 1.33. The van der Waals surface area contributed by atoms with Gasteiger partial charge in [0.2, 0.25) is 10.0 Å². The standard InChI is InChI=1S/C9H11F3N2O2S/c1-2-17(15,16)14-8-4-3-6(13)5-7(8)9(10,11)12/h3-5,14H,2,13H2,1H3. The first kappa shape index (κ1) is 13.6. The molecule has 0 atom stereocenters. The molecule has 0 aliphatic rings. The van der Waals surface area contributed by atoms with E-state index >= 15 is 0 Å². The van der Waals surface area contributed by atoms with Crippen LogP contribution in [0.4, 0.5) is 24.5 Å². The molecule has 0 radical (unpaired) electrons. The van der Waals surface area contributed by atoms with Gasteiger partial charge >= 0.3 is 6.18 Å². The van der Waals surface area contributed by atoms with E-state index in [9.17, 15) is 21.6 Å². The van der Waals surface area contributed by atoms with Crippen LogP contribution in [-0.4, -0.2) is 14.2 Å². The van der Waals surface area contributed by atoms with Crippen LogP contribution in [0.1, 0.15) is 12.5 Å². The van der Waals surface area contributed by atoms with Crippen LogP contribution in [0.5, 0.6) is 0 Å². The molecular formula is C9H11F3N2O2S. The molecule has 0 saturated heterocycles. The second-order valence-corrected chi connectivity index (χ2v) is 5.32. The third-order valence-electron chi connectivity index (χ3n) is 1.99. The van der Waals surface area contributed by atoms with E-state index in [0.717, 1.165) is 6.07 Å². The molecule has 8 heteroatoms. The summed E-state index contributed by atoms with van der Waals surface area (Å²) in [4.78, 5) is 0. The van der Waals surface area contributed by atoms with Gasteiger partial charge < -0.3 is 5.73 Å². The monoisotopic (exact) mass is 268 g/mol. The quantitative estimate of drug-likeness (QED) is 0.824. The minimum atomic E-state index is -4.67. The number of sulfonamides is 1. The van der Waals surface area contributed by atoms with E-state index in [4.69, 9.17) is 5.73 Å². The van der Waals surface area contributed by atoms with Crippen LogP contribution in [-0.2, 0) is 16.2 Å². The molecule has 1 rings (SSSR count). The zero-order valence-corrected chi connectivity index (χ0v) is 9.69.